The first kappa shape index (κ1) is 25.0. The van der Waals surface area contributed by atoms with Gasteiger partial charge in [-0.05, 0) is 86.5 Å². The van der Waals surface area contributed by atoms with Gasteiger partial charge in [0, 0.05) is 32.6 Å². The number of rotatable bonds is 11. The summed E-state index contributed by atoms with van der Waals surface area (Å²) in [6.45, 7) is 7.96. The second-order valence-corrected chi connectivity index (χ2v) is 7.01. The summed E-state index contributed by atoms with van der Waals surface area (Å²) in [6.07, 6.45) is 3.36. The largest absolute Gasteiger partial charge is 0.309 e. The second kappa shape index (κ2) is 14.1. The van der Waals surface area contributed by atoms with Crippen LogP contribution >= 0.6 is 0 Å². The van der Waals surface area contributed by atoms with Crippen molar-refractivity contribution in [3.63, 3.8) is 0 Å². The summed E-state index contributed by atoms with van der Waals surface area (Å²) in [6, 6.07) is 6.10. The molecule has 0 saturated heterocycles. The minimum Gasteiger partial charge on any atom is -0.309 e. The fraction of sp³-hybridized carbons (Fsp3) is 0.650. The molecule has 0 N–H and O–H groups in total. The Morgan fingerprint density at radius 2 is 1.27 bits per heavy atom. The van der Waals surface area contributed by atoms with Crippen molar-refractivity contribution >= 4 is 11.4 Å². The molecule has 1 heterocycles. The van der Waals surface area contributed by atoms with Crippen LogP contribution in [0.25, 0.3) is 0 Å². The van der Waals surface area contributed by atoms with Crippen molar-refractivity contribution in [1.82, 2.24) is 14.8 Å². The van der Waals surface area contributed by atoms with Crippen LogP contribution in [-0.4, -0.2) is 80.6 Å². The van der Waals surface area contributed by atoms with Crippen LogP contribution in [0, 0.1) is 0 Å². The first-order valence-corrected chi connectivity index (χ1v) is 9.19. The number of unbranched alkanes of at least 4 members (excludes halogenated alkanes) is 1. The van der Waals surface area contributed by atoms with Crippen molar-refractivity contribution in [3.8, 4) is 0 Å². The van der Waals surface area contributed by atoms with Gasteiger partial charge in [0.05, 0.1) is 22.8 Å². The molecule has 1 aromatic heterocycles. The number of pyridine rings is 1. The van der Waals surface area contributed by atoms with Crippen LogP contribution in [0.15, 0.2) is 28.2 Å². The predicted molar refractivity (Wildman–Crippen MR) is 109 cm³/mol. The number of aliphatic imine (C=N–C) groups is 2. The molecule has 26 heavy (non-hydrogen) atoms. The van der Waals surface area contributed by atoms with E-state index in [1.54, 1.807) is 0 Å². The van der Waals surface area contributed by atoms with Gasteiger partial charge in [-0.15, -0.1) is 0 Å². The molecule has 1 aromatic rings. The van der Waals surface area contributed by atoms with Crippen LogP contribution in [0.5, 0.6) is 0 Å². The standard InChI is InChI=1S/C20H35N5.Rh/c1-17(21-13-7-8-15-24(3)4)19-11-9-12-20(23-19)18(2)22-14-10-16-25(5)6;/h9,11-12H,7-8,10,13-16H2,1-6H3;. The Kier molecular flexibility index (Phi) is 13.6. The predicted octanol–water partition coefficient (Wildman–Crippen LogP) is 2.99. The Morgan fingerprint density at radius 1 is 0.808 bits per heavy atom. The normalized spacial score (nSPS) is 12.6. The fourth-order valence-corrected chi connectivity index (χ4v) is 2.42. The molecule has 0 bridgehead atoms. The minimum absolute atomic E-state index is 0. The van der Waals surface area contributed by atoms with Gasteiger partial charge in [0.15, 0.2) is 0 Å². The van der Waals surface area contributed by atoms with Crippen molar-refractivity contribution in [2.45, 2.75) is 33.1 Å². The van der Waals surface area contributed by atoms with Gasteiger partial charge in [-0.3, -0.25) is 9.98 Å². The molecule has 0 saturated carbocycles. The average Bonchev–Trinajstić information content (AvgIpc) is 2.57. The van der Waals surface area contributed by atoms with Crippen LogP contribution in [0.2, 0.25) is 0 Å². The van der Waals surface area contributed by atoms with Gasteiger partial charge in [-0.25, -0.2) is 4.98 Å². The molecule has 0 amide bonds. The smallest absolute Gasteiger partial charge is 0.0845 e. The third-order valence-electron chi connectivity index (χ3n) is 3.97. The van der Waals surface area contributed by atoms with Crippen molar-refractivity contribution in [2.75, 3.05) is 54.4 Å². The van der Waals surface area contributed by atoms with Crippen LogP contribution in [0.3, 0.4) is 0 Å². The van der Waals surface area contributed by atoms with Crippen molar-refractivity contribution in [1.29, 1.82) is 0 Å². The van der Waals surface area contributed by atoms with E-state index in [2.05, 4.69) is 48.0 Å². The summed E-state index contributed by atoms with van der Waals surface area (Å²) >= 11 is 0. The Hall–Kier alpha value is -0.967. The molecule has 0 aliphatic heterocycles. The topological polar surface area (TPSA) is 44.1 Å². The summed E-state index contributed by atoms with van der Waals surface area (Å²) in [5, 5.41) is 0. The molecule has 1 radical (unpaired) electrons. The molecule has 149 valence electrons. The van der Waals surface area contributed by atoms with Gasteiger partial charge in [0.2, 0.25) is 0 Å². The molecule has 0 atom stereocenters. The second-order valence-electron chi connectivity index (χ2n) is 7.01. The molecule has 6 heteroatoms. The number of nitrogens with zero attached hydrogens (tertiary/aromatic N) is 5. The average molecular weight is 448 g/mol. The van der Waals surface area contributed by atoms with Crippen LogP contribution in [0.4, 0.5) is 0 Å². The molecule has 0 aliphatic rings. The fourth-order valence-electron chi connectivity index (χ4n) is 2.42. The zero-order valence-corrected chi connectivity index (χ0v) is 18.9. The van der Waals surface area contributed by atoms with Crippen LogP contribution < -0.4 is 0 Å². The van der Waals surface area contributed by atoms with Gasteiger partial charge in [-0.2, -0.15) is 0 Å². The van der Waals surface area contributed by atoms with Gasteiger partial charge >= 0.3 is 0 Å². The summed E-state index contributed by atoms with van der Waals surface area (Å²) in [4.78, 5) is 18.5. The van der Waals surface area contributed by atoms with E-state index in [-0.39, 0.29) is 19.5 Å². The first-order valence-electron chi connectivity index (χ1n) is 9.19. The minimum atomic E-state index is 0. The van der Waals surface area contributed by atoms with E-state index in [1.807, 2.05) is 32.0 Å². The maximum atomic E-state index is 4.73. The molecule has 1 rings (SSSR count). The van der Waals surface area contributed by atoms with Crippen molar-refractivity contribution in [3.05, 3.63) is 29.6 Å². The summed E-state index contributed by atoms with van der Waals surface area (Å²) in [5.41, 5.74) is 3.91. The molecule has 0 spiro atoms. The quantitative estimate of drug-likeness (QED) is 0.297. The summed E-state index contributed by atoms with van der Waals surface area (Å²) < 4.78 is 0. The van der Waals surface area contributed by atoms with E-state index in [1.165, 1.54) is 6.42 Å². The first-order chi connectivity index (χ1) is 11.9. The number of hydrogen-bond acceptors (Lipinski definition) is 5. The van der Waals surface area contributed by atoms with Crippen molar-refractivity contribution < 1.29 is 19.5 Å². The Balaban J connectivity index is 0.00000625. The zero-order valence-electron chi connectivity index (χ0n) is 17.3. The molecule has 0 aliphatic carbocycles. The van der Waals surface area contributed by atoms with E-state index in [4.69, 9.17) is 4.98 Å². The van der Waals surface area contributed by atoms with E-state index >= 15 is 0 Å². The van der Waals surface area contributed by atoms with Gasteiger partial charge in [0.25, 0.3) is 0 Å². The van der Waals surface area contributed by atoms with Crippen molar-refractivity contribution in [2.24, 2.45) is 9.98 Å². The molecule has 0 unspecified atom stereocenters. The maximum Gasteiger partial charge on any atom is 0.0845 e. The van der Waals surface area contributed by atoms with E-state index in [0.29, 0.717) is 0 Å². The van der Waals surface area contributed by atoms with Gasteiger partial charge in [-0.1, -0.05) is 6.07 Å². The molecule has 5 nitrogen and oxygen atoms in total. The summed E-state index contributed by atoms with van der Waals surface area (Å²) in [7, 11) is 8.39. The van der Waals surface area contributed by atoms with Crippen LogP contribution in [-0.2, 0) is 19.5 Å². The van der Waals surface area contributed by atoms with E-state index < -0.39 is 0 Å². The maximum absolute atomic E-state index is 4.73. The molecule has 0 aromatic carbocycles. The Bertz CT molecular complexity index is 567. The van der Waals surface area contributed by atoms with Gasteiger partial charge in [0.1, 0.15) is 0 Å². The third-order valence-corrected chi connectivity index (χ3v) is 3.97. The molecule has 0 fully saturated rings. The Labute approximate surface area is 172 Å². The summed E-state index contributed by atoms with van der Waals surface area (Å²) in [5.74, 6) is 0. The van der Waals surface area contributed by atoms with E-state index in [9.17, 15) is 0 Å². The molecular formula is C20H35N5Rh. The SMILES string of the molecule is CC(=NCCCCN(C)C)c1cccc(C(C)=NCCCN(C)C)n1.[Rh]. The Morgan fingerprint density at radius 3 is 1.77 bits per heavy atom. The third kappa shape index (κ3) is 10.9. The number of hydrogen-bond donors (Lipinski definition) is 0. The van der Waals surface area contributed by atoms with E-state index in [0.717, 1.165) is 61.8 Å². The number of aromatic nitrogens is 1. The monoisotopic (exact) mass is 448 g/mol. The zero-order chi connectivity index (χ0) is 18.7. The van der Waals surface area contributed by atoms with Crippen LogP contribution in [0.1, 0.15) is 44.5 Å². The van der Waals surface area contributed by atoms with Gasteiger partial charge < -0.3 is 9.80 Å². The molecular weight excluding hydrogens is 413 g/mol.